The molecule has 2 amide bonds. The molecule has 9 nitrogen and oxygen atoms in total. The zero-order valence-corrected chi connectivity index (χ0v) is 17.3. The van der Waals surface area contributed by atoms with Gasteiger partial charge in [0.25, 0.3) is 15.9 Å². The van der Waals surface area contributed by atoms with Crippen molar-refractivity contribution in [3.05, 3.63) is 60.2 Å². The fourth-order valence-electron chi connectivity index (χ4n) is 2.51. The summed E-state index contributed by atoms with van der Waals surface area (Å²) in [5.74, 6) is -1.68. The number of carbonyl (C=O) groups is 3. The number of anilines is 1. The third kappa shape index (κ3) is 5.80. The fourth-order valence-corrected chi connectivity index (χ4v) is 3.98. The van der Waals surface area contributed by atoms with Gasteiger partial charge in [-0.2, -0.15) is 0 Å². The van der Waals surface area contributed by atoms with Crippen LogP contribution >= 0.6 is 0 Å². The van der Waals surface area contributed by atoms with E-state index in [-0.39, 0.29) is 23.6 Å². The van der Waals surface area contributed by atoms with Crippen molar-refractivity contribution in [1.29, 1.82) is 0 Å². The van der Waals surface area contributed by atoms with Gasteiger partial charge in [0.15, 0.2) is 6.61 Å². The minimum absolute atomic E-state index is 0.00445. The first-order valence-electron chi connectivity index (χ1n) is 9.11. The van der Waals surface area contributed by atoms with Gasteiger partial charge in [0.1, 0.15) is 0 Å². The van der Waals surface area contributed by atoms with Crippen LogP contribution in [0.5, 0.6) is 0 Å². The van der Waals surface area contributed by atoms with Gasteiger partial charge < -0.3 is 9.47 Å². The molecule has 1 N–H and O–H groups in total. The Bertz CT molecular complexity index is 990. The molecule has 0 spiro atoms. The number of ether oxygens (including phenoxy) is 2. The number of benzene rings is 2. The summed E-state index contributed by atoms with van der Waals surface area (Å²) >= 11 is 0. The second-order valence-corrected chi connectivity index (χ2v) is 7.74. The van der Waals surface area contributed by atoms with Crippen LogP contribution in [0.3, 0.4) is 0 Å². The molecule has 0 aliphatic heterocycles. The van der Waals surface area contributed by atoms with Crippen molar-refractivity contribution < 1.29 is 32.3 Å². The maximum atomic E-state index is 12.9. The molecule has 0 aliphatic rings. The topological polar surface area (TPSA) is 119 Å². The van der Waals surface area contributed by atoms with Crippen molar-refractivity contribution >= 4 is 33.7 Å². The van der Waals surface area contributed by atoms with Gasteiger partial charge in [0.2, 0.25) is 0 Å². The second-order valence-electron chi connectivity index (χ2n) is 5.87. The van der Waals surface area contributed by atoms with Crippen molar-refractivity contribution in [3.63, 3.8) is 0 Å². The molecule has 0 saturated carbocycles. The summed E-state index contributed by atoms with van der Waals surface area (Å²) in [5, 5.41) is 1.89. The molecule has 0 atom stereocenters. The maximum absolute atomic E-state index is 12.9. The standard InChI is InChI=1S/C20H22N2O7S/c1-3-22(16-8-6-5-7-9-16)30(26,27)17-12-10-15(11-13-17)19(24)29-14-18(23)21-20(25)28-4-2/h5-13H,3-4,14H2,1-2H3,(H,21,23,25). The van der Waals surface area contributed by atoms with Gasteiger partial charge >= 0.3 is 12.1 Å². The number of sulfonamides is 1. The van der Waals surface area contributed by atoms with Crippen LogP contribution in [0.4, 0.5) is 10.5 Å². The molecule has 2 rings (SSSR count). The van der Waals surface area contributed by atoms with Crippen LogP contribution in [0.25, 0.3) is 0 Å². The van der Waals surface area contributed by atoms with Crippen molar-refractivity contribution in [3.8, 4) is 0 Å². The Labute approximate surface area is 174 Å². The zero-order valence-electron chi connectivity index (χ0n) is 16.5. The Morgan fingerprint density at radius 1 is 0.933 bits per heavy atom. The first-order valence-corrected chi connectivity index (χ1v) is 10.5. The van der Waals surface area contributed by atoms with E-state index in [1.807, 2.05) is 5.32 Å². The number of carbonyl (C=O) groups excluding carboxylic acids is 3. The van der Waals surface area contributed by atoms with Gasteiger partial charge in [-0.15, -0.1) is 0 Å². The predicted molar refractivity (Wildman–Crippen MR) is 109 cm³/mol. The molecule has 0 saturated heterocycles. The maximum Gasteiger partial charge on any atom is 0.413 e. The van der Waals surface area contributed by atoms with Crippen LogP contribution in [0.2, 0.25) is 0 Å². The van der Waals surface area contributed by atoms with Crippen LogP contribution in [0.1, 0.15) is 24.2 Å². The molecule has 0 unspecified atom stereocenters. The van der Waals surface area contributed by atoms with Crippen LogP contribution in [0.15, 0.2) is 59.5 Å². The Kier molecular flexibility index (Phi) is 7.93. The molecule has 0 aromatic heterocycles. The molecule has 30 heavy (non-hydrogen) atoms. The minimum Gasteiger partial charge on any atom is -0.452 e. The number of hydrogen-bond acceptors (Lipinski definition) is 7. The van der Waals surface area contributed by atoms with Gasteiger partial charge in [0, 0.05) is 6.54 Å². The van der Waals surface area contributed by atoms with Gasteiger partial charge in [-0.05, 0) is 50.2 Å². The summed E-state index contributed by atoms with van der Waals surface area (Å²) in [4.78, 5) is 34.7. The van der Waals surface area contributed by atoms with Crippen LogP contribution < -0.4 is 9.62 Å². The van der Waals surface area contributed by atoms with Gasteiger partial charge in [-0.1, -0.05) is 18.2 Å². The lowest BCUT2D eigenvalue weighted by molar-refractivity contribution is -0.123. The van der Waals surface area contributed by atoms with Gasteiger partial charge in [0.05, 0.1) is 22.8 Å². The highest BCUT2D eigenvalue weighted by Crippen LogP contribution is 2.23. The SMILES string of the molecule is CCOC(=O)NC(=O)COC(=O)c1ccc(S(=O)(=O)N(CC)c2ccccc2)cc1. The molecule has 0 fully saturated rings. The monoisotopic (exact) mass is 434 g/mol. The van der Waals surface area contributed by atoms with E-state index in [1.54, 1.807) is 44.2 Å². The van der Waals surface area contributed by atoms with E-state index in [9.17, 15) is 22.8 Å². The van der Waals surface area contributed by atoms with E-state index >= 15 is 0 Å². The van der Waals surface area contributed by atoms with E-state index in [1.165, 1.54) is 28.6 Å². The average molecular weight is 434 g/mol. The number of imide groups is 1. The number of hydrogen-bond donors (Lipinski definition) is 1. The van der Waals surface area contributed by atoms with Crippen LogP contribution in [-0.2, 0) is 24.3 Å². The second kappa shape index (κ2) is 10.4. The minimum atomic E-state index is -3.83. The first kappa shape index (κ1) is 22.9. The highest BCUT2D eigenvalue weighted by Gasteiger charge is 2.24. The number of amides is 2. The highest BCUT2D eigenvalue weighted by atomic mass is 32.2. The van der Waals surface area contributed by atoms with Gasteiger partial charge in [-0.3, -0.25) is 14.4 Å². The molecule has 0 heterocycles. The molecule has 0 aliphatic carbocycles. The van der Waals surface area contributed by atoms with E-state index in [2.05, 4.69) is 4.74 Å². The number of rotatable bonds is 8. The van der Waals surface area contributed by atoms with E-state index in [4.69, 9.17) is 4.74 Å². The number of alkyl carbamates (subject to hydrolysis) is 1. The predicted octanol–water partition coefficient (Wildman–Crippen LogP) is 2.33. The molecule has 160 valence electrons. The largest absolute Gasteiger partial charge is 0.452 e. The number of para-hydroxylation sites is 1. The number of nitrogens with zero attached hydrogens (tertiary/aromatic N) is 1. The smallest absolute Gasteiger partial charge is 0.413 e. The Morgan fingerprint density at radius 2 is 1.57 bits per heavy atom. The van der Waals surface area contributed by atoms with Crippen LogP contribution in [0, 0.1) is 0 Å². The number of nitrogens with one attached hydrogen (secondary N) is 1. The third-order valence-electron chi connectivity index (χ3n) is 3.86. The summed E-state index contributed by atoms with van der Waals surface area (Å²) in [6.07, 6.45) is -0.938. The Balaban J connectivity index is 2.05. The van der Waals surface area contributed by atoms with Crippen molar-refractivity contribution in [2.45, 2.75) is 18.7 Å². The summed E-state index contributed by atoms with van der Waals surface area (Å²) in [5.41, 5.74) is 0.580. The fraction of sp³-hybridized carbons (Fsp3) is 0.250. The summed E-state index contributed by atoms with van der Waals surface area (Å²) in [6.45, 7) is 2.93. The Morgan fingerprint density at radius 3 is 2.13 bits per heavy atom. The molecular weight excluding hydrogens is 412 g/mol. The quantitative estimate of drug-likeness (QED) is 0.633. The lowest BCUT2D eigenvalue weighted by Crippen LogP contribution is -2.34. The average Bonchev–Trinajstić information content (AvgIpc) is 2.73. The molecule has 2 aromatic carbocycles. The lowest BCUT2D eigenvalue weighted by Gasteiger charge is -2.22. The molecule has 0 bridgehead atoms. The van der Waals surface area contributed by atoms with E-state index in [0.29, 0.717) is 5.69 Å². The van der Waals surface area contributed by atoms with Gasteiger partial charge in [-0.25, -0.2) is 18.0 Å². The summed E-state index contributed by atoms with van der Waals surface area (Å²) < 4.78 is 36.5. The molecule has 0 radical (unpaired) electrons. The zero-order chi connectivity index (χ0) is 22.1. The lowest BCUT2D eigenvalue weighted by atomic mass is 10.2. The normalized spacial score (nSPS) is 10.7. The molecule has 2 aromatic rings. The van der Waals surface area contributed by atoms with Crippen LogP contribution in [-0.4, -0.2) is 46.1 Å². The summed E-state index contributed by atoms with van der Waals surface area (Å²) in [6, 6.07) is 13.8. The molecular formula is C20H22N2O7S. The molecule has 10 heteroatoms. The highest BCUT2D eigenvalue weighted by molar-refractivity contribution is 7.92. The van der Waals surface area contributed by atoms with E-state index < -0.39 is 34.6 Å². The van der Waals surface area contributed by atoms with Crippen molar-refractivity contribution in [1.82, 2.24) is 5.32 Å². The van der Waals surface area contributed by atoms with Crippen molar-refractivity contribution in [2.75, 3.05) is 24.1 Å². The Hall–Kier alpha value is -3.40. The first-order chi connectivity index (χ1) is 14.3. The number of esters is 1. The third-order valence-corrected chi connectivity index (χ3v) is 5.78. The van der Waals surface area contributed by atoms with Crippen molar-refractivity contribution in [2.24, 2.45) is 0 Å². The van der Waals surface area contributed by atoms with E-state index in [0.717, 1.165) is 0 Å². The summed E-state index contributed by atoms with van der Waals surface area (Å²) in [7, 11) is -3.83.